The van der Waals surface area contributed by atoms with Crippen molar-refractivity contribution in [2.24, 2.45) is 11.7 Å². The summed E-state index contributed by atoms with van der Waals surface area (Å²) < 4.78 is 12.8. The van der Waals surface area contributed by atoms with Crippen molar-refractivity contribution in [3.8, 4) is 0 Å². The van der Waals surface area contributed by atoms with E-state index in [-0.39, 0.29) is 23.5 Å². The van der Waals surface area contributed by atoms with E-state index in [1.165, 1.54) is 12.1 Å². The number of primary amides is 1. The number of likely N-dealkylation sites (tertiary alicyclic amines) is 1. The van der Waals surface area contributed by atoms with Crippen molar-refractivity contribution < 1.29 is 14.0 Å². The summed E-state index contributed by atoms with van der Waals surface area (Å²) >= 11 is 0. The maximum atomic E-state index is 12.8. The number of hydrogen-bond donors (Lipinski definition) is 2. The molecule has 0 spiro atoms. The fraction of sp³-hybridized carbons (Fsp3) is 0.529. The number of carbonyl (C=O) groups is 2. The zero-order valence-corrected chi connectivity index (χ0v) is 13.3. The summed E-state index contributed by atoms with van der Waals surface area (Å²) in [6, 6.07) is 6.42. The lowest BCUT2D eigenvalue weighted by molar-refractivity contribution is -0.124. The Hall–Kier alpha value is -1.95. The molecule has 3 N–H and O–H groups in total. The first kappa shape index (κ1) is 17.4. The van der Waals surface area contributed by atoms with E-state index in [2.05, 4.69) is 10.2 Å². The lowest BCUT2D eigenvalue weighted by Gasteiger charge is -2.29. The van der Waals surface area contributed by atoms with Gasteiger partial charge in [0.25, 0.3) is 0 Å². The maximum Gasteiger partial charge on any atom is 0.234 e. The number of nitrogens with two attached hydrogens (primary N) is 1. The number of hydrogen-bond acceptors (Lipinski definition) is 3. The van der Waals surface area contributed by atoms with E-state index in [9.17, 15) is 14.0 Å². The molecule has 1 aliphatic rings. The van der Waals surface area contributed by atoms with Crippen molar-refractivity contribution in [2.45, 2.75) is 25.7 Å². The zero-order valence-electron chi connectivity index (χ0n) is 13.3. The molecule has 126 valence electrons. The van der Waals surface area contributed by atoms with Crippen LogP contribution in [0.2, 0.25) is 0 Å². The summed E-state index contributed by atoms with van der Waals surface area (Å²) in [6.45, 7) is 2.43. The Morgan fingerprint density at radius 3 is 2.48 bits per heavy atom. The van der Waals surface area contributed by atoms with Crippen molar-refractivity contribution in [3.63, 3.8) is 0 Å². The minimum Gasteiger partial charge on any atom is -0.369 e. The number of rotatable bonds is 7. The van der Waals surface area contributed by atoms with Gasteiger partial charge in [0.1, 0.15) is 5.82 Å². The van der Waals surface area contributed by atoms with E-state index >= 15 is 0 Å². The molecule has 6 heteroatoms. The van der Waals surface area contributed by atoms with Crippen molar-refractivity contribution >= 4 is 11.8 Å². The van der Waals surface area contributed by atoms with Gasteiger partial charge in [-0.1, -0.05) is 12.1 Å². The second-order valence-corrected chi connectivity index (χ2v) is 6.03. The van der Waals surface area contributed by atoms with Gasteiger partial charge in [-0.05, 0) is 56.5 Å². The van der Waals surface area contributed by atoms with Crippen LogP contribution in [-0.4, -0.2) is 42.9 Å². The van der Waals surface area contributed by atoms with E-state index in [0.717, 1.165) is 44.3 Å². The number of amides is 2. The summed E-state index contributed by atoms with van der Waals surface area (Å²) in [5.74, 6) is -0.524. The molecule has 0 aromatic heterocycles. The van der Waals surface area contributed by atoms with Crippen LogP contribution in [0, 0.1) is 11.7 Å². The van der Waals surface area contributed by atoms with E-state index in [1.54, 1.807) is 12.1 Å². The third-order valence-electron chi connectivity index (χ3n) is 4.23. The molecule has 23 heavy (non-hydrogen) atoms. The van der Waals surface area contributed by atoms with E-state index < -0.39 is 0 Å². The fourth-order valence-electron chi connectivity index (χ4n) is 2.81. The van der Waals surface area contributed by atoms with Gasteiger partial charge in [-0.2, -0.15) is 0 Å². The SMILES string of the molecule is NC(=O)C1CCN(CC(=O)NCCCc2ccc(F)cc2)CC1. The van der Waals surface area contributed by atoms with E-state index in [0.29, 0.717) is 13.1 Å². The highest BCUT2D eigenvalue weighted by molar-refractivity contribution is 5.78. The summed E-state index contributed by atoms with van der Waals surface area (Å²) in [7, 11) is 0. The third-order valence-corrected chi connectivity index (χ3v) is 4.23. The molecule has 1 heterocycles. The molecule has 0 saturated carbocycles. The Balaban J connectivity index is 1.58. The van der Waals surface area contributed by atoms with Crippen LogP contribution in [0.1, 0.15) is 24.8 Å². The van der Waals surface area contributed by atoms with Crippen LogP contribution in [0.4, 0.5) is 4.39 Å². The zero-order chi connectivity index (χ0) is 16.7. The molecule has 0 atom stereocenters. The first-order valence-corrected chi connectivity index (χ1v) is 8.07. The van der Waals surface area contributed by atoms with Gasteiger partial charge in [0, 0.05) is 12.5 Å². The highest BCUT2D eigenvalue weighted by Gasteiger charge is 2.23. The van der Waals surface area contributed by atoms with Gasteiger partial charge in [-0.15, -0.1) is 0 Å². The Bertz CT molecular complexity index is 525. The van der Waals surface area contributed by atoms with Gasteiger partial charge in [0.05, 0.1) is 6.54 Å². The molecule has 2 amide bonds. The highest BCUT2D eigenvalue weighted by atomic mass is 19.1. The Morgan fingerprint density at radius 1 is 1.22 bits per heavy atom. The minimum atomic E-state index is -0.241. The number of benzene rings is 1. The smallest absolute Gasteiger partial charge is 0.234 e. The average molecular weight is 321 g/mol. The van der Waals surface area contributed by atoms with E-state index in [4.69, 9.17) is 5.73 Å². The first-order chi connectivity index (χ1) is 11.0. The second kappa shape index (κ2) is 8.62. The molecule has 1 fully saturated rings. The molecule has 1 aromatic carbocycles. The predicted molar refractivity (Wildman–Crippen MR) is 86.1 cm³/mol. The molecular weight excluding hydrogens is 297 g/mol. The first-order valence-electron chi connectivity index (χ1n) is 8.07. The highest BCUT2D eigenvalue weighted by Crippen LogP contribution is 2.16. The Labute approximate surface area is 136 Å². The normalized spacial score (nSPS) is 16.2. The summed E-state index contributed by atoms with van der Waals surface area (Å²) in [5.41, 5.74) is 6.36. The van der Waals surface area contributed by atoms with Gasteiger partial charge in [0.15, 0.2) is 0 Å². The van der Waals surface area contributed by atoms with Crippen LogP contribution in [0.15, 0.2) is 24.3 Å². The van der Waals surface area contributed by atoms with Gasteiger partial charge in [-0.25, -0.2) is 4.39 Å². The standard InChI is InChI=1S/C17H24FN3O2/c18-15-5-3-13(4-6-15)2-1-9-20-16(22)12-21-10-7-14(8-11-21)17(19)23/h3-6,14H,1-2,7-12H2,(H2,19,23)(H,20,22). The van der Waals surface area contributed by atoms with Crippen molar-refractivity contribution in [3.05, 3.63) is 35.6 Å². The van der Waals surface area contributed by atoms with Gasteiger partial charge < -0.3 is 11.1 Å². The van der Waals surface area contributed by atoms with Crippen molar-refractivity contribution in [1.82, 2.24) is 10.2 Å². The van der Waals surface area contributed by atoms with Gasteiger partial charge in [0.2, 0.25) is 11.8 Å². The number of piperidine rings is 1. The summed E-state index contributed by atoms with van der Waals surface area (Å²) in [6.07, 6.45) is 3.09. The Kier molecular flexibility index (Phi) is 6.52. The maximum absolute atomic E-state index is 12.8. The van der Waals surface area contributed by atoms with Crippen LogP contribution < -0.4 is 11.1 Å². The fourth-order valence-corrected chi connectivity index (χ4v) is 2.81. The van der Waals surface area contributed by atoms with Crippen LogP contribution in [0.25, 0.3) is 0 Å². The number of nitrogens with zero attached hydrogens (tertiary/aromatic N) is 1. The van der Waals surface area contributed by atoms with Crippen molar-refractivity contribution in [1.29, 1.82) is 0 Å². The number of halogens is 1. The topological polar surface area (TPSA) is 75.4 Å². The summed E-state index contributed by atoms with van der Waals surface area (Å²) in [4.78, 5) is 25.0. The largest absolute Gasteiger partial charge is 0.369 e. The van der Waals surface area contributed by atoms with Crippen LogP contribution >= 0.6 is 0 Å². The molecule has 2 rings (SSSR count). The lowest BCUT2D eigenvalue weighted by atomic mass is 9.96. The Morgan fingerprint density at radius 2 is 1.87 bits per heavy atom. The molecule has 0 bridgehead atoms. The lowest BCUT2D eigenvalue weighted by Crippen LogP contribution is -2.43. The quantitative estimate of drug-likeness (QED) is 0.738. The molecule has 0 aliphatic carbocycles. The monoisotopic (exact) mass is 321 g/mol. The molecule has 1 aliphatic heterocycles. The predicted octanol–water partition coefficient (Wildman–Crippen LogP) is 1.07. The molecule has 0 radical (unpaired) electrons. The minimum absolute atomic E-state index is 0.00151. The van der Waals surface area contributed by atoms with Gasteiger partial charge >= 0.3 is 0 Å². The number of nitrogens with one attached hydrogen (secondary N) is 1. The molecule has 1 aromatic rings. The van der Waals surface area contributed by atoms with Gasteiger partial charge in [-0.3, -0.25) is 14.5 Å². The molecular formula is C17H24FN3O2. The van der Waals surface area contributed by atoms with Crippen molar-refractivity contribution in [2.75, 3.05) is 26.2 Å². The molecule has 1 saturated heterocycles. The number of carbonyl (C=O) groups excluding carboxylic acids is 2. The molecule has 0 unspecified atom stereocenters. The third kappa shape index (κ3) is 5.98. The summed E-state index contributed by atoms with van der Waals surface area (Å²) in [5, 5.41) is 2.90. The van der Waals surface area contributed by atoms with Crippen LogP contribution in [0.5, 0.6) is 0 Å². The molecule has 5 nitrogen and oxygen atoms in total. The average Bonchev–Trinajstić information content (AvgIpc) is 2.54. The number of aryl methyl sites for hydroxylation is 1. The van der Waals surface area contributed by atoms with Crippen LogP contribution in [-0.2, 0) is 16.0 Å². The van der Waals surface area contributed by atoms with Crippen LogP contribution in [0.3, 0.4) is 0 Å². The second-order valence-electron chi connectivity index (χ2n) is 6.03. The van der Waals surface area contributed by atoms with E-state index in [1.807, 2.05) is 0 Å².